The van der Waals surface area contributed by atoms with Crippen LogP contribution in [0.2, 0.25) is 0 Å². The number of carbonyl (C=O) groups excluding carboxylic acids is 1. The van der Waals surface area contributed by atoms with E-state index in [1.54, 1.807) is 6.08 Å². The second-order valence-electron chi connectivity index (χ2n) is 4.63. The second kappa shape index (κ2) is 5.09. The third-order valence-electron chi connectivity index (χ3n) is 2.91. The highest BCUT2D eigenvalue weighted by Gasteiger charge is 2.20. The van der Waals surface area contributed by atoms with Crippen LogP contribution in [0, 0.1) is 0 Å². The van der Waals surface area contributed by atoms with E-state index in [-0.39, 0.29) is 5.91 Å². The topological polar surface area (TPSA) is 45.5 Å². The summed E-state index contributed by atoms with van der Waals surface area (Å²) in [5.74, 6) is 1.33. The van der Waals surface area contributed by atoms with Crippen LogP contribution in [0.4, 0.5) is 11.6 Å². The van der Waals surface area contributed by atoms with Crippen LogP contribution in [0.25, 0.3) is 6.08 Å². The molecule has 1 aliphatic rings. The van der Waals surface area contributed by atoms with Crippen LogP contribution in [-0.2, 0) is 4.79 Å². The molecule has 0 saturated heterocycles. The Kier molecular flexibility index (Phi) is 3.28. The van der Waals surface area contributed by atoms with Crippen LogP contribution < -0.4 is 10.2 Å². The average molecular weight is 286 g/mol. The summed E-state index contributed by atoms with van der Waals surface area (Å²) in [5, 5.41) is 2.88. The number of nitrogens with zero attached hydrogens (tertiary/aromatic N) is 1. The molecule has 0 bridgehead atoms. The molecule has 4 nitrogen and oxygen atoms in total. The summed E-state index contributed by atoms with van der Waals surface area (Å²) < 4.78 is 5.64. The maximum Gasteiger partial charge on any atom is 0.262 e. The molecule has 1 aromatic carbocycles. The third-order valence-corrected chi connectivity index (χ3v) is 4.00. The van der Waals surface area contributed by atoms with Crippen molar-refractivity contribution < 1.29 is 9.21 Å². The summed E-state index contributed by atoms with van der Waals surface area (Å²) in [6.45, 7) is 0. The van der Waals surface area contributed by atoms with E-state index in [1.165, 1.54) is 11.8 Å². The molecule has 3 rings (SSSR count). The van der Waals surface area contributed by atoms with Gasteiger partial charge in [-0.15, -0.1) is 0 Å². The van der Waals surface area contributed by atoms with E-state index < -0.39 is 0 Å². The minimum absolute atomic E-state index is 0.100. The number of furan rings is 1. The number of benzene rings is 1. The zero-order chi connectivity index (χ0) is 14.1. The fourth-order valence-electron chi connectivity index (χ4n) is 1.89. The van der Waals surface area contributed by atoms with Crippen molar-refractivity contribution in [3.8, 4) is 0 Å². The van der Waals surface area contributed by atoms with E-state index in [4.69, 9.17) is 4.42 Å². The third kappa shape index (κ3) is 2.44. The van der Waals surface area contributed by atoms with E-state index in [9.17, 15) is 4.79 Å². The van der Waals surface area contributed by atoms with E-state index in [1.807, 2.05) is 55.4 Å². The van der Waals surface area contributed by atoms with Crippen LogP contribution in [0.1, 0.15) is 5.76 Å². The summed E-state index contributed by atoms with van der Waals surface area (Å²) >= 11 is 1.45. The molecule has 0 unspecified atom stereocenters. The molecule has 0 radical (unpaired) electrons. The van der Waals surface area contributed by atoms with Crippen molar-refractivity contribution in [3.63, 3.8) is 0 Å². The molecular weight excluding hydrogens is 272 g/mol. The Morgan fingerprint density at radius 1 is 1.20 bits per heavy atom. The number of rotatable bonds is 2. The number of amides is 1. The van der Waals surface area contributed by atoms with Gasteiger partial charge in [-0.2, -0.15) is 0 Å². The minimum Gasteiger partial charge on any atom is -0.441 e. The lowest BCUT2D eigenvalue weighted by molar-refractivity contribution is -0.112. The molecule has 5 heteroatoms. The van der Waals surface area contributed by atoms with E-state index >= 15 is 0 Å². The molecular formula is C15H14N2O2S. The van der Waals surface area contributed by atoms with Gasteiger partial charge in [-0.25, -0.2) is 0 Å². The first-order chi connectivity index (χ1) is 9.63. The summed E-state index contributed by atoms with van der Waals surface area (Å²) in [4.78, 5) is 15.6. The summed E-state index contributed by atoms with van der Waals surface area (Å²) in [7, 11) is 3.82. The van der Waals surface area contributed by atoms with E-state index in [0.29, 0.717) is 10.7 Å². The Hall–Kier alpha value is -2.14. The van der Waals surface area contributed by atoms with Crippen LogP contribution in [-0.4, -0.2) is 20.0 Å². The standard InChI is InChI=1S/C15H14N2O2S/c1-17(2)14-8-7-10(19-14)9-13-15(18)16-11-5-3-4-6-12(11)20-13/h3-9H,1-2H3,(H,16,18)/b13-9-. The van der Waals surface area contributed by atoms with Crippen molar-refractivity contribution in [1.82, 2.24) is 0 Å². The van der Waals surface area contributed by atoms with Crippen LogP contribution >= 0.6 is 11.8 Å². The zero-order valence-electron chi connectivity index (χ0n) is 11.2. The van der Waals surface area contributed by atoms with Gasteiger partial charge in [-0.3, -0.25) is 4.79 Å². The second-order valence-corrected chi connectivity index (χ2v) is 5.72. The number of fused-ring (bicyclic) bond motifs is 1. The monoisotopic (exact) mass is 286 g/mol. The molecule has 1 N–H and O–H groups in total. The van der Waals surface area contributed by atoms with Crippen molar-refractivity contribution in [2.75, 3.05) is 24.3 Å². The summed E-state index contributed by atoms with van der Waals surface area (Å²) in [6, 6.07) is 11.5. The lowest BCUT2D eigenvalue weighted by atomic mass is 10.3. The predicted molar refractivity (Wildman–Crippen MR) is 81.9 cm³/mol. The zero-order valence-corrected chi connectivity index (χ0v) is 12.0. The van der Waals surface area contributed by atoms with Gasteiger partial charge in [0.25, 0.3) is 5.91 Å². The van der Waals surface area contributed by atoms with Crippen molar-refractivity contribution >= 4 is 35.3 Å². The van der Waals surface area contributed by atoms with Crippen molar-refractivity contribution in [3.05, 3.63) is 47.1 Å². The number of nitrogens with one attached hydrogen (secondary N) is 1. The molecule has 1 aliphatic heterocycles. The molecule has 102 valence electrons. The van der Waals surface area contributed by atoms with Gasteiger partial charge in [0.2, 0.25) is 0 Å². The molecule has 1 aromatic heterocycles. The average Bonchev–Trinajstić information content (AvgIpc) is 2.88. The Bertz CT molecular complexity index is 689. The van der Waals surface area contributed by atoms with Crippen molar-refractivity contribution in [1.29, 1.82) is 0 Å². The normalized spacial score (nSPS) is 15.9. The lowest BCUT2D eigenvalue weighted by Gasteiger charge is -2.17. The molecule has 2 aromatic rings. The number of anilines is 2. The first kappa shape index (κ1) is 12.9. The molecule has 20 heavy (non-hydrogen) atoms. The number of para-hydroxylation sites is 1. The fourth-order valence-corrected chi connectivity index (χ4v) is 2.82. The SMILES string of the molecule is CN(C)c1ccc(/C=C2\Sc3ccccc3NC2=O)o1. The summed E-state index contributed by atoms with van der Waals surface area (Å²) in [5.41, 5.74) is 0.855. The molecule has 2 heterocycles. The molecule has 0 aliphatic carbocycles. The fraction of sp³-hybridized carbons (Fsp3) is 0.133. The van der Waals surface area contributed by atoms with Gasteiger partial charge < -0.3 is 14.6 Å². The number of hydrogen-bond donors (Lipinski definition) is 1. The molecule has 0 fully saturated rings. The van der Waals surface area contributed by atoms with Gasteiger partial charge in [-0.05, 0) is 18.2 Å². The summed E-state index contributed by atoms with van der Waals surface area (Å²) in [6.07, 6.45) is 1.77. The Morgan fingerprint density at radius 3 is 2.75 bits per heavy atom. The molecule has 0 saturated carbocycles. The van der Waals surface area contributed by atoms with Gasteiger partial charge in [0, 0.05) is 31.1 Å². The van der Waals surface area contributed by atoms with Gasteiger partial charge in [0.1, 0.15) is 5.76 Å². The van der Waals surface area contributed by atoms with Crippen LogP contribution in [0.3, 0.4) is 0 Å². The van der Waals surface area contributed by atoms with Gasteiger partial charge in [-0.1, -0.05) is 23.9 Å². The Labute approximate surface area is 121 Å². The lowest BCUT2D eigenvalue weighted by Crippen LogP contribution is -2.16. The van der Waals surface area contributed by atoms with Crippen LogP contribution in [0.15, 0.2) is 50.6 Å². The highest BCUT2D eigenvalue weighted by atomic mass is 32.2. The minimum atomic E-state index is -0.100. The Balaban J connectivity index is 1.90. The first-order valence-corrected chi connectivity index (χ1v) is 7.02. The smallest absolute Gasteiger partial charge is 0.262 e. The van der Waals surface area contributed by atoms with Crippen molar-refractivity contribution in [2.24, 2.45) is 0 Å². The van der Waals surface area contributed by atoms with Gasteiger partial charge in [0.15, 0.2) is 5.88 Å². The Morgan fingerprint density at radius 2 is 2.00 bits per heavy atom. The predicted octanol–water partition coefficient (Wildman–Crippen LogP) is 3.43. The maximum atomic E-state index is 12.0. The number of thioether (sulfide) groups is 1. The quantitative estimate of drug-likeness (QED) is 0.859. The largest absolute Gasteiger partial charge is 0.441 e. The highest BCUT2D eigenvalue weighted by molar-refractivity contribution is 8.04. The highest BCUT2D eigenvalue weighted by Crippen LogP contribution is 2.38. The van der Waals surface area contributed by atoms with Crippen molar-refractivity contribution in [2.45, 2.75) is 4.90 Å². The molecule has 0 atom stereocenters. The number of carbonyl (C=O) groups is 1. The maximum absolute atomic E-state index is 12.0. The first-order valence-electron chi connectivity index (χ1n) is 6.20. The molecule has 1 amide bonds. The van der Waals surface area contributed by atoms with E-state index in [0.717, 1.165) is 16.5 Å². The van der Waals surface area contributed by atoms with E-state index in [2.05, 4.69) is 5.32 Å². The van der Waals surface area contributed by atoms with Crippen LogP contribution in [0.5, 0.6) is 0 Å². The molecule has 0 spiro atoms. The van der Waals surface area contributed by atoms with Gasteiger partial charge >= 0.3 is 0 Å². The van der Waals surface area contributed by atoms with Gasteiger partial charge in [0.05, 0.1) is 10.6 Å². The number of hydrogen-bond acceptors (Lipinski definition) is 4.